The Morgan fingerprint density at radius 2 is 1.88 bits per heavy atom. The quantitative estimate of drug-likeness (QED) is 0.597. The van der Waals surface area contributed by atoms with Crippen LogP contribution in [-0.2, 0) is 9.84 Å². The van der Waals surface area contributed by atoms with Crippen molar-refractivity contribution < 1.29 is 18.4 Å². The van der Waals surface area contributed by atoms with Crippen molar-refractivity contribution in [1.29, 1.82) is 0 Å². The fourth-order valence-corrected chi connectivity index (χ4v) is 2.90. The van der Waals surface area contributed by atoms with Crippen LogP contribution in [0, 0.1) is 10.1 Å². The standard InChI is InChI=1S/C15H15ClN2O5S/c1-24(22,23)12-6-7-13(15(8-12)18(20)21)17-14(9-19)10-2-4-11(16)5-3-10/h2-8,14,17,19H,9H2,1H3. The van der Waals surface area contributed by atoms with Gasteiger partial charge in [-0.25, -0.2) is 8.42 Å². The number of hydrogen-bond donors (Lipinski definition) is 2. The summed E-state index contributed by atoms with van der Waals surface area (Å²) in [5, 5.41) is 24.2. The zero-order valence-electron chi connectivity index (χ0n) is 12.6. The topological polar surface area (TPSA) is 110 Å². The first-order valence-electron chi connectivity index (χ1n) is 6.83. The van der Waals surface area contributed by atoms with Gasteiger partial charge < -0.3 is 10.4 Å². The van der Waals surface area contributed by atoms with Gasteiger partial charge in [-0.2, -0.15) is 0 Å². The highest BCUT2D eigenvalue weighted by atomic mass is 35.5. The minimum Gasteiger partial charge on any atom is -0.394 e. The molecule has 2 aromatic rings. The molecule has 0 spiro atoms. The van der Waals surface area contributed by atoms with Gasteiger partial charge in [0.1, 0.15) is 5.69 Å². The molecule has 2 aromatic carbocycles. The number of nitrogens with zero attached hydrogens (tertiary/aromatic N) is 1. The van der Waals surface area contributed by atoms with E-state index in [0.717, 1.165) is 12.3 Å². The molecule has 0 bridgehead atoms. The molecule has 0 saturated heterocycles. The van der Waals surface area contributed by atoms with Crippen LogP contribution < -0.4 is 5.32 Å². The van der Waals surface area contributed by atoms with E-state index in [-0.39, 0.29) is 22.9 Å². The maximum Gasteiger partial charge on any atom is 0.293 e. The van der Waals surface area contributed by atoms with Gasteiger partial charge in [-0.05, 0) is 29.8 Å². The van der Waals surface area contributed by atoms with Crippen LogP contribution in [0.4, 0.5) is 11.4 Å². The molecule has 0 aliphatic carbocycles. The summed E-state index contributed by atoms with van der Waals surface area (Å²) in [7, 11) is -3.56. The molecule has 9 heteroatoms. The van der Waals surface area contributed by atoms with Crippen LogP contribution in [0.2, 0.25) is 5.02 Å². The Bertz CT molecular complexity index is 853. The van der Waals surface area contributed by atoms with Crippen LogP contribution in [-0.4, -0.2) is 31.3 Å². The fourth-order valence-electron chi connectivity index (χ4n) is 2.13. The number of aliphatic hydroxyl groups excluding tert-OH is 1. The number of nitro groups is 1. The normalized spacial score (nSPS) is 12.6. The van der Waals surface area contributed by atoms with Gasteiger partial charge in [0.25, 0.3) is 5.69 Å². The predicted molar refractivity (Wildman–Crippen MR) is 91.1 cm³/mol. The van der Waals surface area contributed by atoms with Crippen molar-refractivity contribution in [3.63, 3.8) is 0 Å². The van der Waals surface area contributed by atoms with Gasteiger partial charge in [0.05, 0.1) is 22.5 Å². The number of nitro benzene ring substituents is 1. The molecule has 2 rings (SSSR count). The molecule has 0 aliphatic rings. The molecule has 128 valence electrons. The highest BCUT2D eigenvalue weighted by Crippen LogP contribution is 2.31. The smallest absolute Gasteiger partial charge is 0.293 e. The molecule has 24 heavy (non-hydrogen) atoms. The van der Waals surface area contributed by atoms with E-state index < -0.39 is 20.8 Å². The minimum absolute atomic E-state index is 0.112. The third-order valence-corrected chi connectivity index (χ3v) is 4.74. The van der Waals surface area contributed by atoms with Crippen LogP contribution in [0.1, 0.15) is 11.6 Å². The van der Waals surface area contributed by atoms with Crippen LogP contribution in [0.5, 0.6) is 0 Å². The summed E-state index contributed by atoms with van der Waals surface area (Å²) < 4.78 is 23.1. The summed E-state index contributed by atoms with van der Waals surface area (Å²) in [4.78, 5) is 10.4. The number of rotatable bonds is 6. The number of benzene rings is 2. The van der Waals surface area contributed by atoms with Gasteiger partial charge in [0.15, 0.2) is 9.84 Å². The molecule has 0 amide bonds. The van der Waals surface area contributed by atoms with Crippen molar-refractivity contribution in [2.24, 2.45) is 0 Å². The van der Waals surface area contributed by atoms with Crippen molar-refractivity contribution in [2.45, 2.75) is 10.9 Å². The lowest BCUT2D eigenvalue weighted by atomic mass is 10.1. The summed E-state index contributed by atoms with van der Waals surface area (Å²) in [6.07, 6.45) is 0.976. The van der Waals surface area contributed by atoms with E-state index in [4.69, 9.17) is 11.6 Å². The Labute approximate surface area is 144 Å². The molecule has 0 aromatic heterocycles. The molecule has 0 heterocycles. The Hall–Kier alpha value is -2.16. The number of anilines is 1. The van der Waals surface area contributed by atoms with E-state index in [9.17, 15) is 23.6 Å². The zero-order valence-corrected chi connectivity index (χ0v) is 14.2. The van der Waals surface area contributed by atoms with Gasteiger partial charge in [0.2, 0.25) is 0 Å². The Balaban J connectivity index is 2.40. The first kappa shape index (κ1) is 18.2. The molecule has 1 atom stereocenters. The zero-order chi connectivity index (χ0) is 17.9. The summed E-state index contributed by atoms with van der Waals surface area (Å²) in [6.45, 7) is -0.313. The monoisotopic (exact) mass is 370 g/mol. The average Bonchev–Trinajstić information content (AvgIpc) is 2.52. The lowest BCUT2D eigenvalue weighted by Crippen LogP contribution is -2.16. The van der Waals surface area contributed by atoms with Crippen molar-refractivity contribution in [1.82, 2.24) is 0 Å². The van der Waals surface area contributed by atoms with Crippen molar-refractivity contribution >= 4 is 32.8 Å². The molecule has 0 fully saturated rings. The lowest BCUT2D eigenvalue weighted by molar-refractivity contribution is -0.384. The van der Waals surface area contributed by atoms with Crippen LogP contribution >= 0.6 is 11.6 Å². The molecule has 0 saturated carbocycles. The largest absolute Gasteiger partial charge is 0.394 e. The highest BCUT2D eigenvalue weighted by molar-refractivity contribution is 7.90. The van der Waals surface area contributed by atoms with Crippen LogP contribution in [0.25, 0.3) is 0 Å². The number of aliphatic hydroxyl groups is 1. The third kappa shape index (κ3) is 4.22. The Morgan fingerprint density at radius 1 is 1.25 bits per heavy atom. The molecule has 7 nitrogen and oxygen atoms in total. The lowest BCUT2D eigenvalue weighted by Gasteiger charge is -2.18. The van der Waals surface area contributed by atoms with E-state index in [2.05, 4.69) is 5.32 Å². The average molecular weight is 371 g/mol. The van der Waals surface area contributed by atoms with E-state index in [1.54, 1.807) is 24.3 Å². The maximum atomic E-state index is 11.6. The van der Waals surface area contributed by atoms with Crippen molar-refractivity contribution in [3.05, 3.63) is 63.2 Å². The maximum absolute atomic E-state index is 11.6. The second-order valence-electron chi connectivity index (χ2n) is 5.14. The van der Waals surface area contributed by atoms with E-state index in [1.807, 2.05) is 0 Å². The highest BCUT2D eigenvalue weighted by Gasteiger charge is 2.21. The van der Waals surface area contributed by atoms with Gasteiger partial charge in [0, 0.05) is 17.3 Å². The van der Waals surface area contributed by atoms with Gasteiger partial charge in [-0.3, -0.25) is 10.1 Å². The third-order valence-electron chi connectivity index (χ3n) is 3.38. The minimum atomic E-state index is -3.56. The van der Waals surface area contributed by atoms with E-state index >= 15 is 0 Å². The molecule has 2 N–H and O–H groups in total. The number of sulfone groups is 1. The molecule has 1 unspecified atom stereocenters. The first-order valence-corrected chi connectivity index (χ1v) is 9.10. The molecular formula is C15H15ClN2O5S. The number of halogens is 1. The second kappa shape index (κ2) is 7.16. The van der Waals surface area contributed by atoms with E-state index in [1.165, 1.54) is 12.1 Å². The predicted octanol–water partition coefficient (Wildman–Crippen LogP) is 2.80. The first-order chi connectivity index (χ1) is 11.2. The SMILES string of the molecule is CS(=O)(=O)c1ccc(NC(CO)c2ccc(Cl)cc2)c([N+](=O)[O-])c1. The van der Waals surface area contributed by atoms with Crippen LogP contribution in [0.15, 0.2) is 47.4 Å². The van der Waals surface area contributed by atoms with Crippen molar-refractivity contribution in [3.8, 4) is 0 Å². The van der Waals surface area contributed by atoms with Crippen molar-refractivity contribution in [2.75, 3.05) is 18.2 Å². The molecule has 0 radical (unpaired) electrons. The second-order valence-corrected chi connectivity index (χ2v) is 7.59. The fraction of sp³-hybridized carbons (Fsp3) is 0.200. The van der Waals surface area contributed by atoms with Crippen LogP contribution in [0.3, 0.4) is 0 Å². The molecule has 0 aliphatic heterocycles. The number of nitrogens with one attached hydrogen (secondary N) is 1. The summed E-state index contributed by atoms with van der Waals surface area (Å²) in [5.41, 5.74) is 0.412. The molecular weight excluding hydrogens is 356 g/mol. The van der Waals surface area contributed by atoms with Gasteiger partial charge >= 0.3 is 0 Å². The summed E-state index contributed by atoms with van der Waals surface area (Å²) in [6, 6.07) is 9.64. The Morgan fingerprint density at radius 3 is 2.38 bits per heavy atom. The number of hydrogen-bond acceptors (Lipinski definition) is 6. The Kier molecular flexibility index (Phi) is 5.43. The summed E-state index contributed by atoms with van der Waals surface area (Å²) >= 11 is 5.82. The van der Waals surface area contributed by atoms with E-state index in [0.29, 0.717) is 10.6 Å². The van der Waals surface area contributed by atoms with Gasteiger partial charge in [-0.1, -0.05) is 23.7 Å². The summed E-state index contributed by atoms with van der Waals surface area (Å²) in [5.74, 6) is 0. The van der Waals surface area contributed by atoms with Gasteiger partial charge in [-0.15, -0.1) is 0 Å².